The predicted molar refractivity (Wildman–Crippen MR) is 268 cm³/mol. The largest absolute Gasteiger partial charge is 0.456 e. The van der Waals surface area contributed by atoms with Gasteiger partial charge in [-0.1, -0.05) is 105 Å². The van der Waals surface area contributed by atoms with Gasteiger partial charge >= 0.3 is 0 Å². The minimum absolute atomic E-state index is 0.000931. The standard InChI is InChI=1S/C45H16B12N4O/c46-29-26(25-30(47)35(52)38(55)36(53)31(25)48)34(51)41-27(32(29)49)28-33(50)37(54)39(56)40(57)42(28)61(41)20-12-14-22-21-13-11-19(15-23(21)62-24(22)16-20)45-59-43(17-7-3-1-4-8-17)58-44(60-45)18-9-5-2-6-10-18/h1-16H. The topological polar surface area (TPSA) is 56.7 Å². The molecule has 0 aliphatic rings. The number of furan rings is 1. The molecule has 0 atom stereocenters. The Labute approximate surface area is 373 Å². The van der Waals surface area contributed by atoms with E-state index >= 15 is 0 Å². The lowest BCUT2D eigenvalue weighted by atomic mass is 9.57. The fourth-order valence-corrected chi connectivity index (χ4v) is 8.32. The summed E-state index contributed by atoms with van der Waals surface area (Å²) in [7, 11) is 79.2. The van der Waals surface area contributed by atoms with Crippen LogP contribution in [0, 0.1) is 0 Å². The highest BCUT2D eigenvalue weighted by atomic mass is 16.3. The van der Waals surface area contributed by atoms with Gasteiger partial charge in [0, 0.05) is 50.2 Å². The van der Waals surface area contributed by atoms with Crippen molar-refractivity contribution in [3.63, 3.8) is 0 Å². The lowest BCUT2D eigenvalue weighted by Gasteiger charge is -2.26. The summed E-state index contributed by atoms with van der Waals surface area (Å²) in [6, 6.07) is 31.0. The fraction of sp³-hybridized carbons (Fsp3) is 0. The average Bonchev–Trinajstić information content (AvgIpc) is 3.86. The van der Waals surface area contributed by atoms with Gasteiger partial charge in [0.2, 0.25) is 0 Å². The van der Waals surface area contributed by atoms with Crippen LogP contribution < -0.4 is 65.6 Å². The third-order valence-corrected chi connectivity index (χ3v) is 11.5. The predicted octanol–water partition coefficient (Wildman–Crippen LogP) is -2.94. The highest BCUT2D eigenvalue weighted by Crippen LogP contribution is 2.36. The van der Waals surface area contributed by atoms with Crippen molar-refractivity contribution in [2.45, 2.75) is 0 Å². The van der Waals surface area contributed by atoms with E-state index in [2.05, 4.69) is 0 Å². The molecule has 0 aliphatic carbocycles. The van der Waals surface area contributed by atoms with Gasteiger partial charge in [-0.3, -0.25) is 0 Å². The van der Waals surface area contributed by atoms with Crippen LogP contribution in [0.5, 0.6) is 0 Å². The maximum Gasteiger partial charge on any atom is 0.164 e. The Morgan fingerprint density at radius 1 is 0.355 bits per heavy atom. The molecule has 0 bridgehead atoms. The molecule has 10 aromatic rings. The zero-order valence-electron chi connectivity index (χ0n) is 32.9. The van der Waals surface area contributed by atoms with E-state index in [1.165, 1.54) is 0 Å². The van der Waals surface area contributed by atoms with Crippen LogP contribution in [0.4, 0.5) is 0 Å². The van der Waals surface area contributed by atoms with E-state index < -0.39 is 0 Å². The highest BCUT2D eigenvalue weighted by Gasteiger charge is 2.26. The molecular weight excluding hydrogens is 742 g/mol. The number of hydrogen-bond donors (Lipinski definition) is 0. The van der Waals surface area contributed by atoms with Crippen LogP contribution in [0.25, 0.3) is 94.7 Å². The molecule has 258 valence electrons. The van der Waals surface area contributed by atoms with E-state index in [0.29, 0.717) is 56.1 Å². The molecule has 7 aromatic carbocycles. The third-order valence-electron chi connectivity index (χ3n) is 11.5. The van der Waals surface area contributed by atoms with Gasteiger partial charge in [0.25, 0.3) is 0 Å². The lowest BCUT2D eigenvalue weighted by Crippen LogP contribution is -2.56. The molecule has 24 radical (unpaired) electrons. The van der Waals surface area contributed by atoms with Crippen molar-refractivity contribution in [2.75, 3.05) is 0 Å². The summed E-state index contributed by atoms with van der Waals surface area (Å²) < 4.78 is 8.38. The van der Waals surface area contributed by atoms with Gasteiger partial charge in [0.1, 0.15) is 105 Å². The first kappa shape index (κ1) is 40.0. The Bertz CT molecular complexity index is 3470. The normalized spacial score (nSPS) is 11.7. The number of aromatic nitrogens is 4. The van der Waals surface area contributed by atoms with Crippen molar-refractivity contribution in [2.24, 2.45) is 0 Å². The minimum Gasteiger partial charge on any atom is -0.456 e. The molecular formula is C45H16B12N4O. The van der Waals surface area contributed by atoms with Gasteiger partial charge in [0.05, 0.1) is 0 Å². The first-order chi connectivity index (χ1) is 29.8. The minimum atomic E-state index is 0.000931. The van der Waals surface area contributed by atoms with Crippen LogP contribution in [0.1, 0.15) is 0 Å². The first-order valence-corrected chi connectivity index (χ1v) is 19.2. The van der Waals surface area contributed by atoms with E-state index in [0.717, 1.165) is 27.5 Å². The van der Waals surface area contributed by atoms with Crippen LogP contribution in [0.15, 0.2) is 101 Å². The van der Waals surface area contributed by atoms with Crippen molar-refractivity contribution in [1.82, 2.24) is 19.5 Å². The van der Waals surface area contributed by atoms with Crippen molar-refractivity contribution < 1.29 is 4.42 Å². The van der Waals surface area contributed by atoms with E-state index in [-0.39, 0.29) is 76.7 Å². The van der Waals surface area contributed by atoms with Crippen LogP contribution in [-0.2, 0) is 0 Å². The number of benzene rings is 7. The van der Waals surface area contributed by atoms with E-state index in [9.17, 15) is 0 Å². The zero-order chi connectivity index (χ0) is 43.5. The highest BCUT2D eigenvalue weighted by molar-refractivity contribution is 6.72. The quantitative estimate of drug-likeness (QED) is 0.177. The molecule has 62 heavy (non-hydrogen) atoms. The third kappa shape index (κ3) is 5.91. The maximum absolute atomic E-state index is 7.15. The molecule has 0 fully saturated rings. The Balaban J connectivity index is 1.21. The monoisotopic (exact) mass is 760 g/mol. The molecule has 3 heterocycles. The van der Waals surface area contributed by atoms with Crippen LogP contribution in [0.2, 0.25) is 0 Å². The summed E-state index contributed by atoms with van der Waals surface area (Å²) in [5, 5.41) is 2.41. The van der Waals surface area contributed by atoms with Crippen molar-refractivity contribution >= 4 is 203 Å². The molecule has 0 unspecified atom stereocenters. The van der Waals surface area contributed by atoms with Gasteiger partial charge in [-0.05, 0) is 46.2 Å². The zero-order valence-corrected chi connectivity index (χ0v) is 32.9. The van der Waals surface area contributed by atoms with Gasteiger partial charge in [0.15, 0.2) is 17.5 Å². The Morgan fingerprint density at radius 3 is 1.32 bits per heavy atom. The van der Waals surface area contributed by atoms with Crippen molar-refractivity contribution in [3.05, 3.63) is 97.1 Å². The Kier molecular flexibility index (Phi) is 9.55. The molecule has 17 heteroatoms. The van der Waals surface area contributed by atoms with Gasteiger partial charge in [-0.15, -0.1) is 27.3 Å². The summed E-state index contributed by atoms with van der Waals surface area (Å²) in [5.74, 6) is 1.55. The van der Waals surface area contributed by atoms with Crippen LogP contribution in [-0.4, -0.2) is 114 Å². The summed E-state index contributed by atoms with van der Waals surface area (Å²) >= 11 is 0. The molecule has 0 amide bonds. The number of nitrogens with zero attached hydrogens (tertiary/aromatic N) is 4. The van der Waals surface area contributed by atoms with Crippen LogP contribution in [0.3, 0.4) is 0 Å². The maximum atomic E-state index is 7.15. The second kappa shape index (κ2) is 14.8. The Hall–Kier alpha value is -6.07. The fourth-order valence-electron chi connectivity index (χ4n) is 8.32. The molecule has 0 saturated heterocycles. The molecule has 0 saturated carbocycles. The number of hydrogen-bond acceptors (Lipinski definition) is 4. The molecule has 10 rings (SSSR count). The molecule has 0 spiro atoms. The smallest absolute Gasteiger partial charge is 0.164 e. The summed E-state index contributed by atoms with van der Waals surface area (Å²) in [6.45, 7) is 0. The summed E-state index contributed by atoms with van der Waals surface area (Å²) in [5.41, 5.74) is 5.75. The molecule has 0 N–H and O–H groups in total. The number of rotatable bonds is 5. The summed E-state index contributed by atoms with van der Waals surface area (Å²) in [6.07, 6.45) is 0. The second-order valence-electron chi connectivity index (χ2n) is 15.0. The average molecular weight is 758 g/mol. The molecule has 3 aromatic heterocycles. The van der Waals surface area contributed by atoms with E-state index in [1.807, 2.05) is 97.1 Å². The second-order valence-corrected chi connectivity index (χ2v) is 15.0. The first-order valence-electron chi connectivity index (χ1n) is 19.2. The SMILES string of the molecule is [B]c1c([B])c([B])c(-c2c([B])c([B])c3c4c([B])c([B])c([B])c([B])c4n(-c4ccc5c(c4)oc4cc(-c6nc(-c7ccccc7)nc(-c7ccccc7)n6)ccc45)c3c2[B])c([B])c1[B]. The van der Waals surface area contributed by atoms with Gasteiger partial charge < -0.3 is 8.98 Å². The molecule has 0 aliphatic heterocycles. The van der Waals surface area contributed by atoms with Crippen molar-refractivity contribution in [1.29, 1.82) is 0 Å². The number of fused-ring (bicyclic) bond motifs is 6. The lowest BCUT2D eigenvalue weighted by molar-refractivity contribution is 0.668. The van der Waals surface area contributed by atoms with E-state index in [4.69, 9.17) is 114 Å². The summed E-state index contributed by atoms with van der Waals surface area (Å²) in [4.78, 5) is 14.6. The van der Waals surface area contributed by atoms with Gasteiger partial charge in [-0.25, -0.2) is 15.0 Å². The van der Waals surface area contributed by atoms with E-state index in [1.54, 1.807) is 4.57 Å². The van der Waals surface area contributed by atoms with Crippen LogP contribution >= 0.6 is 0 Å². The van der Waals surface area contributed by atoms with Gasteiger partial charge in [-0.2, -0.15) is 0 Å². The Morgan fingerprint density at radius 2 is 0.758 bits per heavy atom. The van der Waals surface area contributed by atoms with Crippen molar-refractivity contribution in [3.8, 4) is 51.0 Å². The molecule has 5 nitrogen and oxygen atoms in total.